The van der Waals surface area contributed by atoms with Crippen molar-refractivity contribution < 1.29 is 10.2 Å². The van der Waals surface area contributed by atoms with Gasteiger partial charge in [0, 0.05) is 6.61 Å². The van der Waals surface area contributed by atoms with Crippen LogP contribution in [0.25, 0.3) is 0 Å². The lowest BCUT2D eigenvalue weighted by molar-refractivity contribution is 0.119. The lowest BCUT2D eigenvalue weighted by Crippen LogP contribution is -2.09. The fourth-order valence-corrected chi connectivity index (χ4v) is 0.819. The maximum absolute atomic E-state index is 9.14. The molecule has 0 spiro atoms. The predicted octanol–water partition coefficient (Wildman–Crippen LogP) is 1.17. The van der Waals surface area contributed by atoms with E-state index in [9.17, 15) is 0 Å². The summed E-state index contributed by atoms with van der Waals surface area (Å²) in [6.07, 6.45) is 2.08. The molecule has 2 nitrogen and oxygen atoms in total. The Morgan fingerprint density at radius 1 is 1.10 bits per heavy atom. The fraction of sp³-hybridized carbons (Fsp3) is 1.00. The molecule has 0 aliphatic heterocycles. The van der Waals surface area contributed by atoms with Crippen LogP contribution in [0.3, 0.4) is 0 Å². The Labute approximate surface area is 62.9 Å². The molecule has 0 radical (unpaired) electrons. The highest BCUT2D eigenvalue weighted by molar-refractivity contribution is 4.56. The van der Waals surface area contributed by atoms with Crippen LogP contribution in [0.1, 0.15) is 33.1 Å². The molecule has 0 aromatic rings. The van der Waals surface area contributed by atoms with Crippen molar-refractivity contribution in [3.8, 4) is 0 Å². The zero-order valence-corrected chi connectivity index (χ0v) is 6.88. The van der Waals surface area contributed by atoms with E-state index >= 15 is 0 Å². The van der Waals surface area contributed by atoms with Crippen molar-refractivity contribution in [3.05, 3.63) is 0 Å². The van der Waals surface area contributed by atoms with Crippen molar-refractivity contribution in [2.75, 3.05) is 6.61 Å². The average Bonchev–Trinajstić information content (AvgIpc) is 1.85. The van der Waals surface area contributed by atoms with E-state index < -0.39 is 0 Å². The number of hydrogen-bond donors (Lipinski definition) is 2. The van der Waals surface area contributed by atoms with Gasteiger partial charge >= 0.3 is 0 Å². The van der Waals surface area contributed by atoms with Gasteiger partial charge in [0.1, 0.15) is 0 Å². The quantitative estimate of drug-likeness (QED) is 0.611. The number of aliphatic hydroxyl groups excluding tert-OH is 2. The molecule has 0 aliphatic carbocycles. The fourth-order valence-electron chi connectivity index (χ4n) is 0.819. The molecule has 10 heavy (non-hydrogen) atoms. The molecule has 0 aromatic heterocycles. The van der Waals surface area contributed by atoms with Crippen molar-refractivity contribution in [1.82, 2.24) is 0 Å². The van der Waals surface area contributed by atoms with Gasteiger partial charge in [-0.15, -0.1) is 0 Å². The third-order valence-electron chi connectivity index (χ3n) is 1.54. The van der Waals surface area contributed by atoms with Gasteiger partial charge in [-0.1, -0.05) is 13.8 Å². The molecular weight excluding hydrogens is 128 g/mol. The van der Waals surface area contributed by atoms with Crippen molar-refractivity contribution in [1.29, 1.82) is 0 Å². The standard InChI is InChI=1S/C8H18O2/c1-7(2)3-4-8(10)5-6-9/h7-10H,3-6H2,1-2H3/t8-/m0/s1. The topological polar surface area (TPSA) is 40.5 Å². The number of hydrogen-bond acceptors (Lipinski definition) is 2. The van der Waals surface area contributed by atoms with Crippen LogP contribution in [0.5, 0.6) is 0 Å². The predicted molar refractivity (Wildman–Crippen MR) is 41.8 cm³/mol. The van der Waals surface area contributed by atoms with Gasteiger partial charge in [-0.2, -0.15) is 0 Å². The van der Waals surface area contributed by atoms with E-state index in [-0.39, 0.29) is 12.7 Å². The molecule has 62 valence electrons. The molecule has 0 bridgehead atoms. The van der Waals surface area contributed by atoms with Crippen molar-refractivity contribution >= 4 is 0 Å². The molecule has 0 rings (SSSR count). The van der Waals surface area contributed by atoms with Crippen LogP contribution in [-0.2, 0) is 0 Å². The van der Waals surface area contributed by atoms with Crippen molar-refractivity contribution in [2.45, 2.75) is 39.2 Å². The smallest absolute Gasteiger partial charge is 0.0562 e. The zero-order chi connectivity index (χ0) is 7.98. The van der Waals surface area contributed by atoms with Gasteiger partial charge in [0.2, 0.25) is 0 Å². The van der Waals surface area contributed by atoms with E-state index in [1.165, 1.54) is 0 Å². The molecule has 2 N–H and O–H groups in total. The summed E-state index contributed by atoms with van der Waals surface area (Å²) in [5, 5.41) is 17.6. The molecule has 0 unspecified atom stereocenters. The zero-order valence-electron chi connectivity index (χ0n) is 6.88. The summed E-state index contributed by atoms with van der Waals surface area (Å²) in [5.41, 5.74) is 0. The van der Waals surface area contributed by atoms with Gasteiger partial charge in [0.15, 0.2) is 0 Å². The summed E-state index contributed by atoms with van der Waals surface area (Å²) in [6, 6.07) is 0. The van der Waals surface area contributed by atoms with E-state index in [1.54, 1.807) is 0 Å². The normalized spacial score (nSPS) is 14.1. The molecule has 0 aromatic carbocycles. The summed E-state index contributed by atoms with van der Waals surface area (Å²) in [4.78, 5) is 0. The van der Waals surface area contributed by atoms with Gasteiger partial charge in [-0.25, -0.2) is 0 Å². The molecule has 0 heterocycles. The second-order valence-electron chi connectivity index (χ2n) is 3.14. The minimum atomic E-state index is -0.299. The van der Waals surface area contributed by atoms with Crippen LogP contribution in [-0.4, -0.2) is 22.9 Å². The molecule has 0 amide bonds. The maximum Gasteiger partial charge on any atom is 0.0562 e. The summed E-state index contributed by atoms with van der Waals surface area (Å²) < 4.78 is 0. The molecule has 0 aliphatic rings. The van der Waals surface area contributed by atoms with Gasteiger partial charge < -0.3 is 10.2 Å². The summed E-state index contributed by atoms with van der Waals surface area (Å²) in [7, 11) is 0. The average molecular weight is 146 g/mol. The highest BCUT2D eigenvalue weighted by Gasteiger charge is 2.03. The Kier molecular flexibility index (Phi) is 5.64. The molecular formula is C8H18O2. The highest BCUT2D eigenvalue weighted by Crippen LogP contribution is 2.08. The Morgan fingerprint density at radius 2 is 1.70 bits per heavy atom. The summed E-state index contributed by atoms with van der Waals surface area (Å²) in [5.74, 6) is 0.647. The maximum atomic E-state index is 9.14. The third kappa shape index (κ3) is 6.05. The van der Waals surface area contributed by atoms with Crippen LogP contribution in [0.15, 0.2) is 0 Å². The number of rotatable bonds is 5. The van der Waals surface area contributed by atoms with Crippen molar-refractivity contribution in [2.24, 2.45) is 5.92 Å². The lowest BCUT2D eigenvalue weighted by Gasteiger charge is -2.09. The first kappa shape index (κ1) is 9.92. The Morgan fingerprint density at radius 3 is 2.10 bits per heavy atom. The molecule has 1 atom stereocenters. The molecule has 0 fully saturated rings. The largest absolute Gasteiger partial charge is 0.396 e. The van der Waals surface area contributed by atoms with E-state index in [0.29, 0.717) is 12.3 Å². The Balaban J connectivity index is 3.12. The van der Waals surface area contributed by atoms with E-state index in [2.05, 4.69) is 13.8 Å². The minimum absolute atomic E-state index is 0.0965. The van der Waals surface area contributed by atoms with Crippen LogP contribution >= 0.6 is 0 Å². The SMILES string of the molecule is CC(C)CC[C@H](O)CCO. The lowest BCUT2D eigenvalue weighted by atomic mass is 10.0. The van der Waals surface area contributed by atoms with Crippen molar-refractivity contribution in [3.63, 3.8) is 0 Å². The van der Waals surface area contributed by atoms with Gasteiger partial charge in [0.05, 0.1) is 6.10 Å². The van der Waals surface area contributed by atoms with Gasteiger partial charge in [0.25, 0.3) is 0 Å². The van der Waals surface area contributed by atoms with Crippen LogP contribution in [0, 0.1) is 5.92 Å². The summed E-state index contributed by atoms with van der Waals surface area (Å²) >= 11 is 0. The van der Waals surface area contributed by atoms with Crippen LogP contribution in [0.4, 0.5) is 0 Å². The minimum Gasteiger partial charge on any atom is -0.396 e. The molecule has 0 saturated heterocycles. The van der Waals surface area contributed by atoms with Gasteiger partial charge in [-0.3, -0.25) is 0 Å². The second kappa shape index (κ2) is 5.69. The number of aliphatic hydroxyl groups is 2. The van der Waals surface area contributed by atoms with E-state index in [0.717, 1.165) is 12.8 Å². The van der Waals surface area contributed by atoms with E-state index in [1.807, 2.05) is 0 Å². The highest BCUT2D eigenvalue weighted by atomic mass is 16.3. The first-order valence-electron chi connectivity index (χ1n) is 3.95. The first-order chi connectivity index (χ1) is 4.66. The molecule has 0 saturated carbocycles. The monoisotopic (exact) mass is 146 g/mol. The molecule has 2 heteroatoms. The van der Waals surface area contributed by atoms with Crippen LogP contribution < -0.4 is 0 Å². The van der Waals surface area contributed by atoms with Crippen LogP contribution in [0.2, 0.25) is 0 Å². The Bertz CT molecular complexity index is 71.7. The summed E-state index contributed by atoms with van der Waals surface area (Å²) in [6.45, 7) is 4.36. The van der Waals surface area contributed by atoms with E-state index in [4.69, 9.17) is 10.2 Å². The third-order valence-corrected chi connectivity index (χ3v) is 1.54. The van der Waals surface area contributed by atoms with Gasteiger partial charge in [-0.05, 0) is 25.2 Å². The first-order valence-corrected chi connectivity index (χ1v) is 3.95. The second-order valence-corrected chi connectivity index (χ2v) is 3.14. The Hall–Kier alpha value is -0.0800.